The lowest BCUT2D eigenvalue weighted by molar-refractivity contribution is -0.137. The summed E-state index contributed by atoms with van der Waals surface area (Å²) in [6.45, 7) is 2.19. The maximum Gasteiger partial charge on any atom is 0.416 e. The van der Waals surface area contributed by atoms with Crippen LogP contribution in [0.15, 0.2) is 53.4 Å². The summed E-state index contributed by atoms with van der Waals surface area (Å²) >= 11 is 6.54. The predicted molar refractivity (Wildman–Crippen MR) is 151 cm³/mol. The van der Waals surface area contributed by atoms with Gasteiger partial charge in [0.05, 0.1) is 21.7 Å². The minimum Gasteiger partial charge on any atom is -0.325 e. The fourth-order valence-electron chi connectivity index (χ4n) is 4.57. The van der Waals surface area contributed by atoms with E-state index in [9.17, 15) is 27.6 Å². The standard InChI is InChI=1S/C28H28F3N3O3S2/c1-2-3-4-5-6-9-15-33-26(37)24(39-27(33)38)23-20-13-7-8-14-21(20)34(25(23)36)17-22(35)32-19-12-10-11-18(16-19)28(29,30)31/h7-8,10-14,16H,2-6,9,15,17H2,1H3,(H,32,35). The third-order valence-corrected chi connectivity index (χ3v) is 7.96. The summed E-state index contributed by atoms with van der Waals surface area (Å²) in [6, 6.07) is 11.1. The van der Waals surface area contributed by atoms with E-state index in [1.165, 1.54) is 28.4 Å². The van der Waals surface area contributed by atoms with Crippen LogP contribution in [0.25, 0.3) is 5.57 Å². The molecule has 2 aliphatic rings. The van der Waals surface area contributed by atoms with Gasteiger partial charge in [-0.1, -0.05) is 87.3 Å². The summed E-state index contributed by atoms with van der Waals surface area (Å²) in [7, 11) is 0. The summed E-state index contributed by atoms with van der Waals surface area (Å²) < 4.78 is 39.5. The van der Waals surface area contributed by atoms with Gasteiger partial charge in [-0.15, -0.1) is 0 Å². The number of unbranched alkanes of at least 4 members (excludes halogenated alkanes) is 5. The fraction of sp³-hybridized carbons (Fsp3) is 0.357. The maximum atomic E-state index is 13.6. The van der Waals surface area contributed by atoms with E-state index in [2.05, 4.69) is 12.2 Å². The van der Waals surface area contributed by atoms with E-state index < -0.39 is 30.1 Å². The highest BCUT2D eigenvalue weighted by atomic mass is 32.2. The van der Waals surface area contributed by atoms with Crippen molar-refractivity contribution in [3.63, 3.8) is 0 Å². The van der Waals surface area contributed by atoms with Gasteiger partial charge in [0, 0.05) is 17.8 Å². The van der Waals surface area contributed by atoms with Crippen LogP contribution in [0.4, 0.5) is 24.5 Å². The van der Waals surface area contributed by atoms with Crippen LogP contribution in [0.1, 0.15) is 56.6 Å². The molecule has 4 rings (SSSR count). The Labute approximate surface area is 234 Å². The molecular formula is C28H28F3N3O3S2. The second kappa shape index (κ2) is 12.3. The maximum absolute atomic E-state index is 13.6. The summed E-state index contributed by atoms with van der Waals surface area (Å²) in [5.41, 5.74) is 0.200. The molecule has 0 aromatic heterocycles. The topological polar surface area (TPSA) is 69.7 Å². The van der Waals surface area contributed by atoms with E-state index in [1.54, 1.807) is 24.3 Å². The molecule has 0 radical (unpaired) electrons. The van der Waals surface area contributed by atoms with Crippen LogP contribution in [-0.2, 0) is 20.6 Å². The van der Waals surface area contributed by atoms with E-state index >= 15 is 0 Å². The zero-order chi connectivity index (χ0) is 28.2. The lowest BCUT2D eigenvalue weighted by Crippen LogP contribution is -2.35. The van der Waals surface area contributed by atoms with Crippen molar-refractivity contribution in [1.82, 2.24) is 4.90 Å². The highest BCUT2D eigenvalue weighted by Gasteiger charge is 2.42. The van der Waals surface area contributed by atoms with E-state index in [1.807, 2.05) is 0 Å². The van der Waals surface area contributed by atoms with Crippen LogP contribution in [0.5, 0.6) is 0 Å². The van der Waals surface area contributed by atoms with Gasteiger partial charge in [0.25, 0.3) is 11.8 Å². The molecule has 1 saturated heterocycles. The third-order valence-electron chi connectivity index (χ3n) is 6.51. The summed E-state index contributed by atoms with van der Waals surface area (Å²) in [5.74, 6) is -1.53. The number of rotatable bonds is 10. The number of thioether (sulfide) groups is 1. The Morgan fingerprint density at radius 2 is 1.67 bits per heavy atom. The van der Waals surface area contributed by atoms with Gasteiger partial charge >= 0.3 is 6.18 Å². The number of benzene rings is 2. The molecule has 2 heterocycles. The Morgan fingerprint density at radius 3 is 2.41 bits per heavy atom. The number of alkyl halides is 3. The molecule has 206 valence electrons. The zero-order valence-electron chi connectivity index (χ0n) is 21.3. The first-order valence-corrected chi connectivity index (χ1v) is 14.0. The van der Waals surface area contributed by atoms with Gasteiger partial charge in [-0.2, -0.15) is 13.2 Å². The number of para-hydroxylation sites is 1. The highest BCUT2D eigenvalue weighted by Crippen LogP contribution is 2.44. The lowest BCUT2D eigenvalue weighted by atomic mass is 10.1. The van der Waals surface area contributed by atoms with Gasteiger partial charge in [-0.05, 0) is 30.7 Å². The zero-order valence-corrected chi connectivity index (χ0v) is 23.0. The number of carbonyl (C=O) groups excluding carboxylic acids is 3. The first-order valence-electron chi connectivity index (χ1n) is 12.8. The predicted octanol–water partition coefficient (Wildman–Crippen LogP) is 6.62. The number of amides is 3. The molecule has 3 amide bonds. The third kappa shape index (κ3) is 6.52. The number of thiocarbonyl (C=S) groups is 1. The molecule has 1 N–H and O–H groups in total. The molecule has 1 fully saturated rings. The van der Waals surface area contributed by atoms with Gasteiger partial charge in [-0.3, -0.25) is 24.2 Å². The summed E-state index contributed by atoms with van der Waals surface area (Å²) in [5, 5.41) is 2.43. The number of hydrogen-bond acceptors (Lipinski definition) is 5. The van der Waals surface area contributed by atoms with Gasteiger partial charge in [0.2, 0.25) is 5.91 Å². The van der Waals surface area contributed by atoms with Gasteiger partial charge in [0.1, 0.15) is 10.9 Å². The normalized spacial score (nSPS) is 17.3. The van der Waals surface area contributed by atoms with Gasteiger partial charge in [0.15, 0.2) is 0 Å². The average molecular weight is 576 g/mol. The van der Waals surface area contributed by atoms with E-state index in [-0.39, 0.29) is 22.1 Å². The molecule has 0 aliphatic carbocycles. The Morgan fingerprint density at radius 1 is 0.949 bits per heavy atom. The Hall–Kier alpha value is -3.18. The van der Waals surface area contributed by atoms with Crippen LogP contribution in [-0.4, -0.2) is 40.0 Å². The number of nitrogens with zero attached hydrogens (tertiary/aromatic N) is 2. The Balaban J connectivity index is 1.50. The fourth-order valence-corrected chi connectivity index (χ4v) is 5.95. The molecule has 2 aliphatic heterocycles. The molecule has 6 nitrogen and oxygen atoms in total. The molecular weight excluding hydrogens is 547 g/mol. The average Bonchev–Trinajstić information content (AvgIpc) is 3.32. The smallest absolute Gasteiger partial charge is 0.325 e. The van der Waals surface area contributed by atoms with Crippen molar-refractivity contribution in [1.29, 1.82) is 0 Å². The van der Waals surface area contributed by atoms with Crippen LogP contribution in [0, 0.1) is 0 Å². The second-order valence-electron chi connectivity index (χ2n) is 9.33. The molecule has 0 bridgehead atoms. The summed E-state index contributed by atoms with van der Waals surface area (Å²) in [4.78, 5) is 42.7. The molecule has 2 aromatic rings. The monoisotopic (exact) mass is 575 g/mol. The van der Waals surface area contributed by atoms with Crippen molar-refractivity contribution < 1.29 is 27.6 Å². The number of halogens is 3. The number of anilines is 2. The van der Waals surface area contributed by atoms with Crippen molar-refractivity contribution in [2.24, 2.45) is 0 Å². The van der Waals surface area contributed by atoms with E-state index in [4.69, 9.17) is 12.2 Å². The molecule has 2 aromatic carbocycles. The quantitative estimate of drug-likeness (QED) is 0.196. The molecule has 0 saturated carbocycles. The van der Waals surface area contributed by atoms with Crippen LogP contribution in [0.3, 0.4) is 0 Å². The molecule has 0 unspecified atom stereocenters. The molecule has 11 heteroatoms. The van der Waals surface area contributed by atoms with Crippen molar-refractivity contribution >= 4 is 63.0 Å². The first kappa shape index (κ1) is 28.8. The molecule has 39 heavy (non-hydrogen) atoms. The van der Waals surface area contributed by atoms with Crippen molar-refractivity contribution in [2.75, 3.05) is 23.3 Å². The number of carbonyl (C=O) groups is 3. The van der Waals surface area contributed by atoms with Crippen LogP contribution >= 0.6 is 24.0 Å². The Bertz CT molecular complexity index is 1330. The minimum absolute atomic E-state index is 0.0365. The number of fused-ring (bicyclic) bond motifs is 1. The van der Waals surface area contributed by atoms with Crippen LogP contribution < -0.4 is 10.2 Å². The first-order chi connectivity index (χ1) is 18.6. The highest BCUT2D eigenvalue weighted by molar-refractivity contribution is 8.26. The lowest BCUT2D eigenvalue weighted by Gasteiger charge is -2.17. The van der Waals surface area contributed by atoms with Crippen molar-refractivity contribution in [3.05, 3.63) is 64.6 Å². The number of nitrogens with one attached hydrogen (secondary N) is 1. The van der Waals surface area contributed by atoms with Gasteiger partial charge in [-0.25, -0.2) is 0 Å². The molecule has 0 spiro atoms. The van der Waals surface area contributed by atoms with E-state index in [0.717, 1.165) is 56.0 Å². The van der Waals surface area contributed by atoms with Gasteiger partial charge < -0.3 is 5.32 Å². The van der Waals surface area contributed by atoms with E-state index in [0.29, 0.717) is 22.1 Å². The minimum atomic E-state index is -4.55. The molecule has 0 atom stereocenters. The van der Waals surface area contributed by atoms with Crippen molar-refractivity contribution in [2.45, 2.75) is 51.6 Å². The largest absolute Gasteiger partial charge is 0.416 e. The Kier molecular flexibility index (Phi) is 9.12. The second-order valence-corrected chi connectivity index (χ2v) is 11.0. The SMILES string of the molecule is CCCCCCCCN1C(=O)C(=C2C(=O)N(CC(=O)Nc3cccc(C(F)(F)F)c3)c3ccccc32)SC1=S. The van der Waals surface area contributed by atoms with Crippen LogP contribution in [0.2, 0.25) is 0 Å². The van der Waals surface area contributed by atoms with Crippen molar-refractivity contribution in [3.8, 4) is 0 Å². The summed E-state index contributed by atoms with van der Waals surface area (Å²) in [6.07, 6.45) is 1.82. The number of hydrogen-bond donors (Lipinski definition) is 1.